The molecule has 1 heterocycles. The molecular weight excluding hydrogens is 454 g/mol. The van der Waals surface area contributed by atoms with Gasteiger partial charge in [-0.25, -0.2) is 10.2 Å². The largest absolute Gasteiger partial charge is 0.497 e. The zero-order valence-electron chi connectivity index (χ0n) is 18.1. The van der Waals surface area contributed by atoms with E-state index >= 15 is 0 Å². The molecule has 1 aliphatic heterocycles. The van der Waals surface area contributed by atoms with E-state index in [0.29, 0.717) is 28.6 Å². The summed E-state index contributed by atoms with van der Waals surface area (Å²) in [6.45, 7) is -0.186. The molecule has 0 saturated heterocycles. The van der Waals surface area contributed by atoms with E-state index in [1.54, 1.807) is 49.6 Å². The number of nitrogens with one attached hydrogen (secondary N) is 3. The Bertz CT molecular complexity index is 1230. The van der Waals surface area contributed by atoms with Gasteiger partial charge in [-0.3, -0.25) is 9.69 Å². The van der Waals surface area contributed by atoms with E-state index in [9.17, 15) is 9.59 Å². The van der Waals surface area contributed by atoms with Crippen LogP contribution in [0.15, 0.2) is 77.9 Å². The molecule has 0 unspecified atom stereocenters. The van der Waals surface area contributed by atoms with E-state index in [4.69, 9.17) is 21.7 Å². The van der Waals surface area contributed by atoms with Crippen molar-refractivity contribution < 1.29 is 19.1 Å². The summed E-state index contributed by atoms with van der Waals surface area (Å²) in [7, 11) is 1.58. The van der Waals surface area contributed by atoms with Gasteiger partial charge in [-0.2, -0.15) is 5.10 Å². The van der Waals surface area contributed by atoms with E-state index in [1.165, 1.54) is 11.1 Å². The Morgan fingerprint density at radius 1 is 1.06 bits per heavy atom. The van der Waals surface area contributed by atoms with Gasteiger partial charge in [-0.15, -0.1) is 0 Å². The van der Waals surface area contributed by atoms with Crippen molar-refractivity contribution in [3.05, 3.63) is 78.4 Å². The zero-order valence-corrected chi connectivity index (χ0v) is 19.0. The molecule has 172 valence electrons. The van der Waals surface area contributed by atoms with Crippen LogP contribution in [0.1, 0.15) is 5.56 Å². The van der Waals surface area contributed by atoms with Crippen LogP contribution in [0.25, 0.3) is 0 Å². The average Bonchev–Trinajstić information content (AvgIpc) is 2.85. The van der Waals surface area contributed by atoms with Crippen LogP contribution in [-0.4, -0.2) is 37.0 Å². The van der Waals surface area contributed by atoms with Crippen LogP contribution in [-0.2, 0) is 4.79 Å². The van der Waals surface area contributed by atoms with Crippen molar-refractivity contribution in [2.75, 3.05) is 29.3 Å². The Morgan fingerprint density at radius 3 is 2.53 bits per heavy atom. The number of urea groups is 1. The van der Waals surface area contributed by atoms with Gasteiger partial charge in [0.25, 0.3) is 5.91 Å². The minimum Gasteiger partial charge on any atom is -0.497 e. The first-order chi connectivity index (χ1) is 16.5. The number of fused-ring (bicyclic) bond motifs is 1. The number of hydrogen-bond acceptors (Lipinski definition) is 6. The molecule has 34 heavy (non-hydrogen) atoms. The number of carbonyl (C=O) groups is 2. The molecule has 1 aliphatic rings. The lowest BCUT2D eigenvalue weighted by Gasteiger charge is -2.30. The number of ether oxygens (including phenoxy) is 2. The van der Waals surface area contributed by atoms with Crippen LogP contribution >= 0.6 is 12.2 Å². The molecule has 0 spiro atoms. The number of anilines is 3. The van der Waals surface area contributed by atoms with Gasteiger partial charge in [0, 0.05) is 17.4 Å². The first kappa shape index (κ1) is 22.7. The van der Waals surface area contributed by atoms with Crippen LogP contribution in [0.2, 0.25) is 0 Å². The van der Waals surface area contributed by atoms with Crippen molar-refractivity contribution in [3.63, 3.8) is 0 Å². The van der Waals surface area contributed by atoms with Crippen molar-refractivity contribution in [1.82, 2.24) is 5.43 Å². The molecule has 10 heteroatoms. The summed E-state index contributed by atoms with van der Waals surface area (Å²) in [5.41, 5.74) is 4.90. The number of hydrazone groups is 1. The fourth-order valence-electron chi connectivity index (χ4n) is 3.17. The van der Waals surface area contributed by atoms with E-state index in [1.807, 2.05) is 30.3 Å². The topological polar surface area (TPSA) is 104 Å². The predicted octanol–water partition coefficient (Wildman–Crippen LogP) is 3.97. The van der Waals surface area contributed by atoms with E-state index in [0.717, 1.165) is 5.56 Å². The molecule has 0 fully saturated rings. The number of thiocarbonyl (C=S) groups is 1. The van der Waals surface area contributed by atoms with E-state index in [2.05, 4.69) is 21.2 Å². The number of amides is 3. The highest BCUT2D eigenvalue weighted by molar-refractivity contribution is 7.80. The highest BCUT2D eigenvalue weighted by Crippen LogP contribution is 2.35. The monoisotopic (exact) mass is 475 g/mol. The third-order valence-electron chi connectivity index (χ3n) is 4.78. The van der Waals surface area contributed by atoms with Gasteiger partial charge in [0.1, 0.15) is 11.5 Å². The smallest absolute Gasteiger partial charge is 0.339 e. The summed E-state index contributed by atoms with van der Waals surface area (Å²) < 4.78 is 10.7. The van der Waals surface area contributed by atoms with Gasteiger partial charge in [0.05, 0.1) is 19.0 Å². The van der Waals surface area contributed by atoms with Crippen molar-refractivity contribution in [3.8, 4) is 11.5 Å². The summed E-state index contributed by atoms with van der Waals surface area (Å²) in [6.07, 6.45) is 1.54. The molecule has 0 radical (unpaired) electrons. The first-order valence-electron chi connectivity index (χ1n) is 10.2. The molecular formula is C24H21N5O4S. The molecule has 3 N–H and O–H groups in total. The second-order valence-electron chi connectivity index (χ2n) is 7.09. The lowest BCUT2D eigenvalue weighted by Crippen LogP contribution is -2.45. The minimum atomic E-state index is -0.521. The highest BCUT2D eigenvalue weighted by Gasteiger charge is 2.29. The lowest BCUT2D eigenvalue weighted by atomic mass is 10.2. The molecule has 0 bridgehead atoms. The van der Waals surface area contributed by atoms with Crippen LogP contribution in [0.3, 0.4) is 0 Å². The molecule has 0 atom stereocenters. The van der Waals surface area contributed by atoms with Crippen LogP contribution in [0, 0.1) is 0 Å². The van der Waals surface area contributed by atoms with E-state index < -0.39 is 6.03 Å². The van der Waals surface area contributed by atoms with Gasteiger partial charge >= 0.3 is 6.03 Å². The van der Waals surface area contributed by atoms with Gasteiger partial charge in [-0.05, 0) is 54.2 Å². The highest BCUT2D eigenvalue weighted by atomic mass is 32.1. The molecule has 0 saturated carbocycles. The zero-order chi connectivity index (χ0) is 23.9. The summed E-state index contributed by atoms with van der Waals surface area (Å²) in [6, 6.07) is 20.9. The van der Waals surface area contributed by atoms with Gasteiger partial charge in [0.15, 0.2) is 11.7 Å². The van der Waals surface area contributed by atoms with Crippen molar-refractivity contribution in [2.24, 2.45) is 5.10 Å². The van der Waals surface area contributed by atoms with E-state index in [-0.39, 0.29) is 17.6 Å². The van der Waals surface area contributed by atoms with Gasteiger partial charge in [-0.1, -0.05) is 30.3 Å². The fraction of sp³-hybridized carbons (Fsp3) is 0.0833. The molecule has 0 aromatic heterocycles. The number of nitrogens with zero attached hydrogens (tertiary/aromatic N) is 2. The van der Waals surface area contributed by atoms with Crippen molar-refractivity contribution >= 4 is 52.5 Å². The van der Waals surface area contributed by atoms with Crippen LogP contribution < -0.4 is 30.4 Å². The Labute approximate surface area is 201 Å². The first-order valence-corrected chi connectivity index (χ1v) is 10.6. The molecule has 9 nitrogen and oxygen atoms in total. The number of benzene rings is 3. The summed E-state index contributed by atoms with van der Waals surface area (Å²) in [5, 5.41) is 9.84. The molecule has 3 aromatic rings. The Balaban J connectivity index is 1.42. The van der Waals surface area contributed by atoms with Crippen LogP contribution in [0.5, 0.6) is 11.5 Å². The number of methoxy groups -OCH3 is 1. The SMILES string of the molecule is COc1ccc(NC(=S)N2C(=O)COc3cc(NC(=O)N/N=C/c4ccccc4)ccc32)cc1. The maximum Gasteiger partial charge on any atom is 0.339 e. The van der Waals surface area contributed by atoms with Crippen molar-refractivity contribution in [2.45, 2.75) is 0 Å². The predicted molar refractivity (Wildman–Crippen MR) is 135 cm³/mol. The third kappa shape index (κ3) is 5.48. The Hall–Kier alpha value is -4.44. The number of carbonyl (C=O) groups excluding carboxylic acids is 2. The summed E-state index contributed by atoms with van der Waals surface area (Å²) >= 11 is 5.47. The normalized spacial score (nSPS) is 12.5. The second-order valence-corrected chi connectivity index (χ2v) is 7.48. The Morgan fingerprint density at radius 2 is 1.79 bits per heavy atom. The van der Waals surface area contributed by atoms with Crippen LogP contribution in [0.4, 0.5) is 21.9 Å². The minimum absolute atomic E-state index is 0.186. The maximum atomic E-state index is 12.5. The molecule has 0 aliphatic carbocycles. The fourth-order valence-corrected chi connectivity index (χ4v) is 3.49. The number of hydrogen-bond donors (Lipinski definition) is 3. The second kappa shape index (κ2) is 10.5. The summed E-state index contributed by atoms with van der Waals surface area (Å²) in [4.78, 5) is 26.1. The maximum absolute atomic E-state index is 12.5. The molecule has 4 rings (SSSR count). The lowest BCUT2D eigenvalue weighted by molar-refractivity contribution is -0.120. The Kier molecular flexibility index (Phi) is 6.99. The van der Waals surface area contributed by atoms with Gasteiger partial charge < -0.3 is 20.1 Å². The average molecular weight is 476 g/mol. The standard InChI is InChI=1S/C24H21N5O4S/c1-32-19-10-7-17(8-11-19)27-24(34)29-20-12-9-18(13-21(20)33-15-22(29)30)26-23(31)28-25-14-16-5-3-2-4-6-16/h2-14H,15H2,1H3,(H,27,34)(H2,26,28,31)/b25-14+. The van der Waals surface area contributed by atoms with Crippen molar-refractivity contribution in [1.29, 1.82) is 0 Å². The summed E-state index contributed by atoms with van der Waals surface area (Å²) in [5.74, 6) is 0.801. The molecule has 3 aromatic carbocycles. The van der Waals surface area contributed by atoms with Gasteiger partial charge in [0.2, 0.25) is 0 Å². The molecule has 3 amide bonds. The number of rotatable bonds is 5. The quantitative estimate of drug-likeness (QED) is 0.293. The third-order valence-corrected chi connectivity index (χ3v) is 5.07.